The SMILES string of the molecule is CC(C)(C)c1ccc(C2CSCCN2)cc1. The van der Waals surface area contributed by atoms with Crippen LogP contribution in [0.3, 0.4) is 0 Å². The summed E-state index contributed by atoms with van der Waals surface area (Å²) in [6, 6.07) is 9.66. The number of hydrogen-bond acceptors (Lipinski definition) is 2. The standard InChI is InChI=1S/C14H21NS/c1-14(2,3)12-6-4-11(5-7-12)13-10-16-9-8-15-13/h4-7,13,15H,8-10H2,1-3H3. The van der Waals surface area contributed by atoms with Crippen LogP contribution in [0.2, 0.25) is 0 Å². The van der Waals surface area contributed by atoms with Gasteiger partial charge in [-0.1, -0.05) is 45.0 Å². The van der Waals surface area contributed by atoms with Crippen molar-refractivity contribution >= 4 is 11.8 Å². The molecule has 2 rings (SSSR count). The lowest BCUT2D eigenvalue weighted by Gasteiger charge is -2.25. The van der Waals surface area contributed by atoms with Crippen molar-refractivity contribution in [2.24, 2.45) is 0 Å². The monoisotopic (exact) mass is 235 g/mol. The summed E-state index contributed by atoms with van der Waals surface area (Å²) < 4.78 is 0. The van der Waals surface area contributed by atoms with Crippen LogP contribution in [0, 0.1) is 0 Å². The van der Waals surface area contributed by atoms with Crippen LogP contribution in [0.25, 0.3) is 0 Å². The molecular weight excluding hydrogens is 214 g/mol. The Kier molecular flexibility index (Phi) is 3.60. The molecule has 0 aromatic heterocycles. The second-order valence-electron chi connectivity index (χ2n) is 5.45. The molecule has 1 aliphatic rings. The molecule has 1 aromatic carbocycles. The zero-order valence-corrected chi connectivity index (χ0v) is 11.2. The first-order chi connectivity index (χ1) is 7.57. The third-order valence-electron chi connectivity index (χ3n) is 3.10. The van der Waals surface area contributed by atoms with Crippen LogP contribution in [0.15, 0.2) is 24.3 Å². The van der Waals surface area contributed by atoms with Gasteiger partial charge in [-0.05, 0) is 16.5 Å². The van der Waals surface area contributed by atoms with Gasteiger partial charge < -0.3 is 5.32 Å². The smallest absolute Gasteiger partial charge is 0.0412 e. The molecule has 0 amide bonds. The molecule has 16 heavy (non-hydrogen) atoms. The first-order valence-electron chi connectivity index (χ1n) is 5.99. The van der Waals surface area contributed by atoms with Crippen molar-refractivity contribution in [1.29, 1.82) is 0 Å². The van der Waals surface area contributed by atoms with Gasteiger partial charge in [-0.25, -0.2) is 0 Å². The summed E-state index contributed by atoms with van der Waals surface area (Å²) in [5.41, 5.74) is 3.10. The molecule has 1 unspecified atom stereocenters. The number of rotatable bonds is 1. The highest BCUT2D eigenvalue weighted by molar-refractivity contribution is 7.99. The lowest BCUT2D eigenvalue weighted by atomic mass is 9.86. The van der Waals surface area contributed by atoms with E-state index in [1.54, 1.807) is 0 Å². The minimum Gasteiger partial charge on any atom is -0.308 e. The van der Waals surface area contributed by atoms with E-state index >= 15 is 0 Å². The van der Waals surface area contributed by atoms with Gasteiger partial charge in [-0.3, -0.25) is 0 Å². The molecule has 1 fully saturated rings. The average Bonchev–Trinajstić information content (AvgIpc) is 2.29. The summed E-state index contributed by atoms with van der Waals surface area (Å²) in [7, 11) is 0. The van der Waals surface area contributed by atoms with Crippen molar-refractivity contribution in [3.8, 4) is 0 Å². The van der Waals surface area contributed by atoms with E-state index in [9.17, 15) is 0 Å². The third-order valence-corrected chi connectivity index (χ3v) is 4.16. The average molecular weight is 235 g/mol. The quantitative estimate of drug-likeness (QED) is 0.801. The van der Waals surface area contributed by atoms with Crippen LogP contribution in [0.5, 0.6) is 0 Å². The van der Waals surface area contributed by atoms with Gasteiger partial charge in [-0.2, -0.15) is 11.8 Å². The van der Waals surface area contributed by atoms with Gasteiger partial charge in [0.05, 0.1) is 0 Å². The van der Waals surface area contributed by atoms with Crippen LogP contribution in [0.1, 0.15) is 37.9 Å². The lowest BCUT2D eigenvalue weighted by Crippen LogP contribution is -2.30. The van der Waals surface area contributed by atoms with Crippen molar-refractivity contribution in [2.75, 3.05) is 18.1 Å². The van der Waals surface area contributed by atoms with Gasteiger partial charge in [0.1, 0.15) is 0 Å². The summed E-state index contributed by atoms with van der Waals surface area (Å²) in [5.74, 6) is 2.45. The topological polar surface area (TPSA) is 12.0 Å². The highest BCUT2D eigenvalue weighted by atomic mass is 32.2. The van der Waals surface area contributed by atoms with Crippen LogP contribution < -0.4 is 5.32 Å². The van der Waals surface area contributed by atoms with E-state index in [2.05, 4.69) is 50.4 Å². The zero-order chi connectivity index (χ0) is 11.6. The number of hydrogen-bond donors (Lipinski definition) is 1. The molecule has 1 aliphatic heterocycles. The summed E-state index contributed by atoms with van der Waals surface area (Å²) in [6.07, 6.45) is 0. The fourth-order valence-electron chi connectivity index (χ4n) is 1.99. The molecular formula is C14H21NS. The molecule has 0 saturated carbocycles. The van der Waals surface area contributed by atoms with Gasteiger partial charge in [-0.15, -0.1) is 0 Å². The van der Waals surface area contributed by atoms with Crippen LogP contribution in [-0.2, 0) is 5.41 Å². The van der Waals surface area contributed by atoms with Crippen molar-refractivity contribution in [2.45, 2.75) is 32.2 Å². The number of nitrogens with one attached hydrogen (secondary N) is 1. The highest BCUT2D eigenvalue weighted by Crippen LogP contribution is 2.26. The second kappa shape index (κ2) is 4.80. The van der Waals surface area contributed by atoms with E-state index in [-0.39, 0.29) is 5.41 Å². The molecule has 1 N–H and O–H groups in total. The Hall–Kier alpha value is -0.470. The Morgan fingerprint density at radius 1 is 1.19 bits per heavy atom. The van der Waals surface area contributed by atoms with E-state index in [4.69, 9.17) is 0 Å². The Balaban J connectivity index is 2.12. The molecule has 88 valence electrons. The second-order valence-corrected chi connectivity index (χ2v) is 6.60. The van der Waals surface area contributed by atoms with Crippen molar-refractivity contribution in [1.82, 2.24) is 5.32 Å². The maximum atomic E-state index is 3.57. The van der Waals surface area contributed by atoms with Gasteiger partial charge in [0, 0.05) is 24.1 Å². The molecule has 0 bridgehead atoms. The van der Waals surface area contributed by atoms with E-state index in [0.717, 1.165) is 6.54 Å². The van der Waals surface area contributed by atoms with Gasteiger partial charge >= 0.3 is 0 Å². The minimum absolute atomic E-state index is 0.257. The van der Waals surface area contributed by atoms with Crippen LogP contribution in [0.4, 0.5) is 0 Å². The maximum absolute atomic E-state index is 3.57. The molecule has 0 radical (unpaired) electrons. The Labute approximate surface area is 103 Å². The van der Waals surface area contributed by atoms with Crippen LogP contribution >= 0.6 is 11.8 Å². The lowest BCUT2D eigenvalue weighted by molar-refractivity contribution is 0.581. The van der Waals surface area contributed by atoms with E-state index in [1.807, 2.05) is 11.8 Å². The molecule has 1 aromatic rings. The van der Waals surface area contributed by atoms with Crippen molar-refractivity contribution in [3.05, 3.63) is 35.4 Å². The fraction of sp³-hybridized carbons (Fsp3) is 0.571. The summed E-state index contributed by atoms with van der Waals surface area (Å²) in [4.78, 5) is 0. The minimum atomic E-state index is 0.257. The van der Waals surface area contributed by atoms with E-state index in [0.29, 0.717) is 6.04 Å². The Bertz CT molecular complexity index is 331. The van der Waals surface area contributed by atoms with Crippen molar-refractivity contribution in [3.63, 3.8) is 0 Å². The number of benzene rings is 1. The van der Waals surface area contributed by atoms with Gasteiger partial charge in [0.2, 0.25) is 0 Å². The summed E-state index contributed by atoms with van der Waals surface area (Å²) in [6.45, 7) is 7.92. The molecule has 1 saturated heterocycles. The van der Waals surface area contributed by atoms with E-state index < -0.39 is 0 Å². The predicted octanol–water partition coefficient (Wildman–Crippen LogP) is 3.36. The summed E-state index contributed by atoms with van der Waals surface area (Å²) >= 11 is 2.05. The van der Waals surface area contributed by atoms with Gasteiger partial charge in [0.15, 0.2) is 0 Å². The fourth-order valence-corrected chi connectivity index (χ4v) is 2.97. The maximum Gasteiger partial charge on any atom is 0.0412 e. The molecule has 1 nitrogen and oxygen atoms in total. The van der Waals surface area contributed by atoms with Crippen molar-refractivity contribution < 1.29 is 0 Å². The van der Waals surface area contributed by atoms with Crippen LogP contribution in [-0.4, -0.2) is 18.1 Å². The van der Waals surface area contributed by atoms with E-state index in [1.165, 1.54) is 22.6 Å². The first kappa shape index (κ1) is 12.0. The molecule has 0 aliphatic carbocycles. The molecule has 2 heteroatoms. The Morgan fingerprint density at radius 3 is 2.38 bits per heavy atom. The highest BCUT2D eigenvalue weighted by Gasteiger charge is 2.17. The largest absolute Gasteiger partial charge is 0.308 e. The zero-order valence-electron chi connectivity index (χ0n) is 10.4. The molecule has 1 atom stereocenters. The number of thioether (sulfide) groups is 1. The van der Waals surface area contributed by atoms with Gasteiger partial charge in [0.25, 0.3) is 0 Å². The molecule has 1 heterocycles. The Morgan fingerprint density at radius 2 is 1.88 bits per heavy atom. The third kappa shape index (κ3) is 2.80. The predicted molar refractivity (Wildman–Crippen MR) is 73.2 cm³/mol. The summed E-state index contributed by atoms with van der Waals surface area (Å²) in [5, 5.41) is 3.57. The first-order valence-corrected chi connectivity index (χ1v) is 7.14. The molecule has 0 spiro atoms. The normalized spacial score (nSPS) is 22.1.